The molecule has 9 nitrogen and oxygen atoms in total. The van der Waals surface area contributed by atoms with Crippen LogP contribution in [0, 0.1) is 5.82 Å². The Kier molecular flexibility index (Phi) is 9.30. The zero-order valence-corrected chi connectivity index (χ0v) is 22.4. The van der Waals surface area contributed by atoms with Crippen molar-refractivity contribution >= 4 is 11.8 Å². The lowest BCUT2D eigenvalue weighted by Gasteiger charge is -2.33. The molecule has 1 fully saturated rings. The van der Waals surface area contributed by atoms with Crippen molar-refractivity contribution in [3.8, 4) is 17.2 Å². The fourth-order valence-corrected chi connectivity index (χ4v) is 4.88. The van der Waals surface area contributed by atoms with Crippen molar-refractivity contribution in [1.82, 2.24) is 20.2 Å². The van der Waals surface area contributed by atoms with Gasteiger partial charge in [-0.1, -0.05) is 31.4 Å². The monoisotopic (exact) mass is 536 g/mol. The van der Waals surface area contributed by atoms with Gasteiger partial charge in [0, 0.05) is 25.0 Å². The molecule has 0 bridgehead atoms. The molecule has 0 radical (unpaired) electrons. The molecule has 0 saturated heterocycles. The van der Waals surface area contributed by atoms with Crippen molar-refractivity contribution in [2.45, 2.75) is 50.7 Å². The Hall–Kier alpha value is -4.21. The van der Waals surface area contributed by atoms with Gasteiger partial charge < -0.3 is 24.4 Å². The molecular formula is C29H33FN4O5. The number of carbonyl (C=O) groups is 2. The summed E-state index contributed by atoms with van der Waals surface area (Å²) >= 11 is 0. The number of benzene rings is 2. The number of nitrogens with one attached hydrogen (secondary N) is 1. The maximum Gasteiger partial charge on any atom is 0.275 e. The largest absolute Gasteiger partial charge is 0.493 e. The summed E-state index contributed by atoms with van der Waals surface area (Å²) < 4.78 is 30.3. The highest BCUT2D eigenvalue weighted by Gasteiger charge is 2.35. The average molecular weight is 537 g/mol. The minimum atomic E-state index is -1.10. The molecule has 1 heterocycles. The summed E-state index contributed by atoms with van der Waals surface area (Å²) in [6, 6.07) is 8.01. The Labute approximate surface area is 227 Å². The van der Waals surface area contributed by atoms with Crippen LogP contribution in [-0.2, 0) is 11.3 Å². The molecule has 1 aliphatic carbocycles. The van der Waals surface area contributed by atoms with Crippen LogP contribution in [-0.4, -0.2) is 54.1 Å². The van der Waals surface area contributed by atoms with Gasteiger partial charge in [0.2, 0.25) is 11.7 Å². The smallest absolute Gasteiger partial charge is 0.275 e. The fourth-order valence-electron chi connectivity index (χ4n) is 4.88. The van der Waals surface area contributed by atoms with Crippen LogP contribution in [0.1, 0.15) is 59.8 Å². The van der Waals surface area contributed by atoms with Crippen LogP contribution in [0.5, 0.6) is 17.2 Å². The maximum atomic E-state index is 14.1. The molecule has 1 aromatic heterocycles. The standard InChI is InChI=1S/C29H33FN4O5/c1-37-24-15-20(16-25(38-2)27(24)39-3)26(28(35)33-22-7-5-4-6-8-22)34(18-19-9-11-21(30)12-10-19)29(36)23-17-31-13-14-32-23/h9-17,22,26H,4-8,18H2,1-3H3,(H,33,35)/t26-/m1/s1. The van der Waals surface area contributed by atoms with Crippen LogP contribution in [0.25, 0.3) is 0 Å². The Morgan fingerprint density at radius 2 is 1.67 bits per heavy atom. The number of rotatable bonds is 10. The third-order valence-electron chi connectivity index (χ3n) is 6.82. The molecule has 1 saturated carbocycles. The van der Waals surface area contributed by atoms with Crippen molar-refractivity contribution in [3.05, 3.63) is 77.6 Å². The lowest BCUT2D eigenvalue weighted by Crippen LogP contribution is -2.47. The number of halogens is 1. The maximum absolute atomic E-state index is 14.1. The molecule has 3 aromatic rings. The Bertz CT molecular complexity index is 1240. The molecule has 0 aliphatic heterocycles. The number of carbonyl (C=O) groups excluding carboxylic acids is 2. The second-order valence-corrected chi connectivity index (χ2v) is 9.35. The van der Waals surface area contributed by atoms with E-state index < -0.39 is 17.8 Å². The van der Waals surface area contributed by atoms with E-state index in [2.05, 4.69) is 15.3 Å². The van der Waals surface area contributed by atoms with Gasteiger partial charge in [-0.2, -0.15) is 0 Å². The third kappa shape index (κ3) is 6.63. The quantitative estimate of drug-likeness (QED) is 0.408. The van der Waals surface area contributed by atoms with Gasteiger partial charge in [0.05, 0.1) is 27.5 Å². The minimum absolute atomic E-state index is 0.00456. The molecule has 39 heavy (non-hydrogen) atoms. The van der Waals surface area contributed by atoms with Crippen LogP contribution < -0.4 is 19.5 Å². The van der Waals surface area contributed by atoms with E-state index in [1.54, 1.807) is 24.3 Å². The number of hydrogen-bond acceptors (Lipinski definition) is 7. The summed E-state index contributed by atoms with van der Waals surface area (Å²) in [4.78, 5) is 37.7. The highest BCUT2D eigenvalue weighted by molar-refractivity contribution is 5.96. The molecule has 206 valence electrons. The first-order valence-electron chi connectivity index (χ1n) is 12.9. The molecule has 1 atom stereocenters. The minimum Gasteiger partial charge on any atom is -0.493 e. The van der Waals surface area contributed by atoms with Crippen LogP contribution in [0.4, 0.5) is 4.39 Å². The summed E-state index contributed by atoms with van der Waals surface area (Å²) in [5, 5.41) is 3.16. The number of aromatic nitrogens is 2. The SMILES string of the molecule is COc1cc([C@H](C(=O)NC2CCCCC2)N(Cc2ccc(F)cc2)C(=O)c2cnccn2)cc(OC)c1OC. The molecule has 10 heteroatoms. The van der Waals surface area contributed by atoms with Crippen molar-refractivity contribution in [2.75, 3.05) is 21.3 Å². The number of ether oxygens (including phenoxy) is 3. The summed E-state index contributed by atoms with van der Waals surface area (Å²) in [5.74, 6) is -0.213. The zero-order chi connectivity index (χ0) is 27.8. The van der Waals surface area contributed by atoms with Crippen LogP contribution in [0.3, 0.4) is 0 Å². The van der Waals surface area contributed by atoms with Crippen molar-refractivity contribution in [3.63, 3.8) is 0 Å². The number of hydrogen-bond donors (Lipinski definition) is 1. The first kappa shape index (κ1) is 27.8. The lowest BCUT2D eigenvalue weighted by molar-refractivity contribution is -0.127. The van der Waals surface area contributed by atoms with E-state index >= 15 is 0 Å². The van der Waals surface area contributed by atoms with Crippen LogP contribution in [0.2, 0.25) is 0 Å². The van der Waals surface area contributed by atoms with E-state index in [-0.39, 0.29) is 24.2 Å². The summed E-state index contributed by atoms with van der Waals surface area (Å²) in [6.45, 7) is 0.00903. The van der Waals surface area contributed by atoms with Gasteiger partial charge in [0.15, 0.2) is 11.5 Å². The normalized spacial score (nSPS) is 14.3. The molecule has 2 amide bonds. The van der Waals surface area contributed by atoms with Gasteiger partial charge >= 0.3 is 0 Å². The number of methoxy groups -OCH3 is 3. The number of amides is 2. The second-order valence-electron chi connectivity index (χ2n) is 9.35. The molecule has 0 spiro atoms. The summed E-state index contributed by atoms with van der Waals surface area (Å²) in [5.41, 5.74) is 1.16. The number of nitrogens with zero attached hydrogens (tertiary/aromatic N) is 3. The van der Waals surface area contributed by atoms with Gasteiger partial charge in [-0.3, -0.25) is 14.6 Å². The highest BCUT2D eigenvalue weighted by atomic mass is 19.1. The van der Waals surface area contributed by atoms with Crippen molar-refractivity contribution < 1.29 is 28.2 Å². The van der Waals surface area contributed by atoms with Gasteiger partial charge in [0.25, 0.3) is 5.91 Å². The van der Waals surface area contributed by atoms with Crippen LogP contribution >= 0.6 is 0 Å². The topological polar surface area (TPSA) is 103 Å². The predicted molar refractivity (Wildman–Crippen MR) is 142 cm³/mol. The highest BCUT2D eigenvalue weighted by Crippen LogP contribution is 2.41. The van der Waals surface area contributed by atoms with E-state index in [4.69, 9.17) is 14.2 Å². The Morgan fingerprint density at radius 1 is 1.00 bits per heavy atom. The molecule has 0 unspecified atom stereocenters. The Balaban J connectivity index is 1.84. The fraction of sp³-hybridized carbons (Fsp3) is 0.379. The van der Waals surface area contributed by atoms with Gasteiger partial charge in [0.1, 0.15) is 17.6 Å². The van der Waals surface area contributed by atoms with Gasteiger partial charge in [-0.25, -0.2) is 9.37 Å². The van der Waals surface area contributed by atoms with E-state index in [9.17, 15) is 14.0 Å². The molecule has 2 aromatic carbocycles. The van der Waals surface area contributed by atoms with Crippen molar-refractivity contribution in [2.24, 2.45) is 0 Å². The van der Waals surface area contributed by atoms with Gasteiger partial charge in [-0.05, 0) is 48.2 Å². The molecular weight excluding hydrogens is 503 g/mol. The first-order chi connectivity index (χ1) is 18.9. The van der Waals surface area contributed by atoms with Crippen molar-refractivity contribution in [1.29, 1.82) is 0 Å². The van der Waals surface area contributed by atoms with E-state index in [0.717, 1.165) is 32.1 Å². The Morgan fingerprint density at radius 3 is 2.23 bits per heavy atom. The molecule has 1 aliphatic rings. The van der Waals surface area contributed by atoms with E-state index in [0.29, 0.717) is 28.4 Å². The second kappa shape index (κ2) is 13.0. The zero-order valence-electron chi connectivity index (χ0n) is 22.4. The van der Waals surface area contributed by atoms with Crippen LogP contribution in [0.15, 0.2) is 55.0 Å². The van der Waals surface area contributed by atoms with E-state index in [1.807, 2.05) is 0 Å². The molecule has 1 N–H and O–H groups in total. The average Bonchev–Trinajstić information content (AvgIpc) is 2.97. The lowest BCUT2D eigenvalue weighted by atomic mass is 9.94. The van der Waals surface area contributed by atoms with E-state index in [1.165, 1.54) is 57.0 Å². The molecule has 4 rings (SSSR count). The predicted octanol–water partition coefficient (Wildman–Crippen LogP) is 4.47. The summed E-state index contributed by atoms with van der Waals surface area (Å²) in [7, 11) is 4.46. The van der Waals surface area contributed by atoms with Gasteiger partial charge in [-0.15, -0.1) is 0 Å². The first-order valence-corrected chi connectivity index (χ1v) is 12.9. The summed E-state index contributed by atoms with van der Waals surface area (Å²) in [6.07, 6.45) is 9.14. The third-order valence-corrected chi connectivity index (χ3v) is 6.82.